The van der Waals surface area contributed by atoms with Gasteiger partial charge in [0.2, 0.25) is 0 Å². The Morgan fingerprint density at radius 1 is 1.38 bits per heavy atom. The van der Waals surface area contributed by atoms with Crippen LogP contribution in [0.15, 0.2) is 18.2 Å². The Morgan fingerprint density at radius 3 is 2.81 bits per heavy atom. The van der Waals surface area contributed by atoms with E-state index >= 15 is 0 Å². The number of hydrogen-bond donors (Lipinski definition) is 1. The van der Waals surface area contributed by atoms with E-state index in [0.29, 0.717) is 0 Å². The van der Waals surface area contributed by atoms with Crippen LogP contribution in [0.25, 0.3) is 5.57 Å². The first-order valence-corrected chi connectivity index (χ1v) is 5.74. The SMILES string of the molecule is CNc1nc(C2=CCN(C)CC2)ccc1C. The van der Waals surface area contributed by atoms with Crippen molar-refractivity contribution in [3.05, 3.63) is 29.5 Å². The van der Waals surface area contributed by atoms with Crippen LogP contribution in [0.1, 0.15) is 17.7 Å². The summed E-state index contributed by atoms with van der Waals surface area (Å²) in [5, 5.41) is 3.13. The molecule has 86 valence electrons. The van der Waals surface area contributed by atoms with E-state index in [0.717, 1.165) is 31.0 Å². The lowest BCUT2D eigenvalue weighted by atomic mass is 10.0. The molecule has 0 saturated carbocycles. The fourth-order valence-electron chi connectivity index (χ4n) is 1.96. The van der Waals surface area contributed by atoms with Gasteiger partial charge in [-0.1, -0.05) is 12.1 Å². The van der Waals surface area contributed by atoms with Gasteiger partial charge in [0.05, 0.1) is 5.69 Å². The zero-order chi connectivity index (χ0) is 11.5. The summed E-state index contributed by atoms with van der Waals surface area (Å²) in [6.07, 6.45) is 3.37. The summed E-state index contributed by atoms with van der Waals surface area (Å²) < 4.78 is 0. The van der Waals surface area contributed by atoms with Crippen molar-refractivity contribution >= 4 is 11.4 Å². The van der Waals surface area contributed by atoms with E-state index in [9.17, 15) is 0 Å². The number of nitrogens with one attached hydrogen (secondary N) is 1. The molecule has 0 bridgehead atoms. The number of nitrogens with zero attached hydrogens (tertiary/aromatic N) is 2. The Kier molecular flexibility index (Phi) is 3.25. The summed E-state index contributed by atoms with van der Waals surface area (Å²) in [5.41, 5.74) is 3.68. The fraction of sp³-hybridized carbons (Fsp3) is 0.462. The minimum absolute atomic E-state index is 0.984. The van der Waals surface area contributed by atoms with E-state index in [2.05, 4.69) is 47.4 Å². The van der Waals surface area contributed by atoms with Crippen LogP contribution in [0.4, 0.5) is 5.82 Å². The zero-order valence-corrected chi connectivity index (χ0v) is 10.2. The quantitative estimate of drug-likeness (QED) is 0.822. The molecule has 0 aromatic carbocycles. The van der Waals surface area contributed by atoms with Gasteiger partial charge in [-0.05, 0) is 37.6 Å². The molecule has 0 spiro atoms. The van der Waals surface area contributed by atoms with Gasteiger partial charge in [-0.3, -0.25) is 0 Å². The molecule has 0 fully saturated rings. The standard InChI is InChI=1S/C13H19N3/c1-10-4-5-12(15-13(10)14-2)11-6-8-16(3)9-7-11/h4-6H,7-9H2,1-3H3,(H,14,15). The number of rotatable bonds is 2. The highest BCUT2D eigenvalue weighted by molar-refractivity contribution is 5.65. The minimum Gasteiger partial charge on any atom is -0.373 e. The lowest BCUT2D eigenvalue weighted by Crippen LogP contribution is -2.23. The summed E-state index contributed by atoms with van der Waals surface area (Å²) in [6, 6.07) is 4.25. The lowest BCUT2D eigenvalue weighted by molar-refractivity contribution is 0.370. The maximum absolute atomic E-state index is 4.64. The molecule has 0 atom stereocenters. The van der Waals surface area contributed by atoms with Gasteiger partial charge in [-0.15, -0.1) is 0 Å². The van der Waals surface area contributed by atoms with Crippen molar-refractivity contribution in [2.24, 2.45) is 0 Å². The molecule has 2 rings (SSSR count). The molecule has 0 amide bonds. The van der Waals surface area contributed by atoms with Crippen LogP contribution >= 0.6 is 0 Å². The van der Waals surface area contributed by atoms with E-state index in [-0.39, 0.29) is 0 Å². The summed E-state index contributed by atoms with van der Waals surface area (Å²) in [5.74, 6) is 0.984. The highest BCUT2D eigenvalue weighted by Crippen LogP contribution is 2.22. The molecule has 1 aliphatic rings. The van der Waals surface area contributed by atoms with Crippen molar-refractivity contribution in [2.75, 3.05) is 32.5 Å². The minimum atomic E-state index is 0.984. The van der Waals surface area contributed by atoms with Gasteiger partial charge in [-0.25, -0.2) is 4.98 Å². The summed E-state index contributed by atoms with van der Waals surface area (Å²) in [6.45, 7) is 4.22. The van der Waals surface area contributed by atoms with Crippen molar-refractivity contribution in [3.63, 3.8) is 0 Å². The van der Waals surface area contributed by atoms with Gasteiger partial charge in [0.1, 0.15) is 5.82 Å². The highest BCUT2D eigenvalue weighted by Gasteiger charge is 2.11. The molecule has 1 N–H and O–H groups in total. The van der Waals surface area contributed by atoms with Gasteiger partial charge < -0.3 is 10.2 Å². The zero-order valence-electron chi connectivity index (χ0n) is 10.2. The topological polar surface area (TPSA) is 28.2 Å². The van der Waals surface area contributed by atoms with Gasteiger partial charge >= 0.3 is 0 Å². The summed E-state index contributed by atoms with van der Waals surface area (Å²) in [7, 11) is 4.07. The van der Waals surface area contributed by atoms with Crippen molar-refractivity contribution in [1.82, 2.24) is 9.88 Å². The third-order valence-corrected chi connectivity index (χ3v) is 3.08. The molecule has 16 heavy (non-hydrogen) atoms. The largest absolute Gasteiger partial charge is 0.373 e. The Morgan fingerprint density at radius 2 is 2.19 bits per heavy atom. The number of hydrogen-bond acceptors (Lipinski definition) is 3. The van der Waals surface area contributed by atoms with Crippen molar-refractivity contribution in [3.8, 4) is 0 Å². The second-order valence-corrected chi connectivity index (χ2v) is 4.35. The Hall–Kier alpha value is -1.35. The van der Waals surface area contributed by atoms with E-state index in [4.69, 9.17) is 0 Å². The van der Waals surface area contributed by atoms with E-state index in [1.807, 2.05) is 7.05 Å². The molecule has 1 aromatic rings. The average molecular weight is 217 g/mol. The van der Waals surface area contributed by atoms with E-state index in [1.54, 1.807) is 0 Å². The maximum atomic E-state index is 4.64. The first-order valence-electron chi connectivity index (χ1n) is 5.74. The predicted octanol–water partition coefficient (Wildman–Crippen LogP) is 2.15. The van der Waals surface area contributed by atoms with Crippen molar-refractivity contribution in [2.45, 2.75) is 13.3 Å². The molecule has 0 radical (unpaired) electrons. The second kappa shape index (κ2) is 4.66. The molecule has 3 nitrogen and oxygen atoms in total. The molecular weight excluding hydrogens is 198 g/mol. The number of pyridine rings is 1. The molecule has 1 aromatic heterocycles. The second-order valence-electron chi connectivity index (χ2n) is 4.35. The number of likely N-dealkylation sites (N-methyl/N-ethyl adjacent to an activating group) is 1. The smallest absolute Gasteiger partial charge is 0.129 e. The van der Waals surface area contributed by atoms with Crippen molar-refractivity contribution < 1.29 is 0 Å². The van der Waals surface area contributed by atoms with E-state index < -0.39 is 0 Å². The molecule has 3 heteroatoms. The summed E-state index contributed by atoms with van der Waals surface area (Å²) in [4.78, 5) is 6.96. The first kappa shape index (κ1) is 11.1. The third kappa shape index (κ3) is 2.25. The first-order chi connectivity index (χ1) is 7.70. The molecule has 0 unspecified atom stereocenters. The van der Waals surface area contributed by atoms with Gasteiger partial charge in [0, 0.05) is 20.1 Å². The Bertz CT molecular complexity index is 410. The van der Waals surface area contributed by atoms with Crippen LogP contribution in [-0.4, -0.2) is 37.1 Å². The highest BCUT2D eigenvalue weighted by atomic mass is 15.1. The van der Waals surface area contributed by atoms with Crippen molar-refractivity contribution in [1.29, 1.82) is 0 Å². The average Bonchev–Trinajstić information content (AvgIpc) is 2.31. The predicted molar refractivity (Wildman–Crippen MR) is 68.6 cm³/mol. The van der Waals surface area contributed by atoms with Crippen LogP contribution in [0.3, 0.4) is 0 Å². The van der Waals surface area contributed by atoms with Crippen LogP contribution in [0, 0.1) is 6.92 Å². The van der Waals surface area contributed by atoms with E-state index in [1.165, 1.54) is 11.1 Å². The third-order valence-electron chi connectivity index (χ3n) is 3.08. The molecule has 0 saturated heterocycles. The van der Waals surface area contributed by atoms with Crippen LogP contribution in [-0.2, 0) is 0 Å². The summed E-state index contributed by atoms with van der Waals surface area (Å²) >= 11 is 0. The number of aryl methyl sites for hydroxylation is 1. The fourth-order valence-corrected chi connectivity index (χ4v) is 1.96. The van der Waals surface area contributed by atoms with Crippen LogP contribution in [0.5, 0.6) is 0 Å². The van der Waals surface area contributed by atoms with Gasteiger partial charge in [0.25, 0.3) is 0 Å². The normalized spacial score (nSPS) is 17.1. The monoisotopic (exact) mass is 217 g/mol. The maximum Gasteiger partial charge on any atom is 0.129 e. The molecule has 0 aliphatic carbocycles. The van der Waals surface area contributed by atoms with Gasteiger partial charge in [0.15, 0.2) is 0 Å². The van der Waals surface area contributed by atoms with Gasteiger partial charge in [-0.2, -0.15) is 0 Å². The molecular formula is C13H19N3. The Balaban J connectivity index is 2.27. The number of aromatic nitrogens is 1. The van der Waals surface area contributed by atoms with Crippen LogP contribution in [0.2, 0.25) is 0 Å². The van der Waals surface area contributed by atoms with Crippen LogP contribution < -0.4 is 5.32 Å². The molecule has 2 heterocycles. The lowest BCUT2D eigenvalue weighted by Gasteiger charge is -2.22. The molecule has 1 aliphatic heterocycles. The number of anilines is 1. The Labute approximate surface area is 97.2 Å².